The summed E-state index contributed by atoms with van der Waals surface area (Å²) in [6.07, 6.45) is 0. The summed E-state index contributed by atoms with van der Waals surface area (Å²) < 4.78 is 49.8. The molecule has 0 atom stereocenters. The number of carbonyl (C=O) groups excluding carboxylic acids is 3. The fourth-order valence-electron chi connectivity index (χ4n) is 2.14. The number of carbonyl (C=O) groups is 3. The average molecular weight is 389 g/mol. The fourth-order valence-corrected chi connectivity index (χ4v) is 3.57. The number of primary amides is 1. The van der Waals surface area contributed by atoms with E-state index in [-0.39, 0.29) is 31.2 Å². The Morgan fingerprint density at radius 2 is 1.92 bits per heavy atom. The van der Waals surface area contributed by atoms with Crippen molar-refractivity contribution < 1.29 is 36.7 Å². The topological polar surface area (TPSA) is 145 Å². The van der Waals surface area contributed by atoms with Crippen LogP contribution in [0.25, 0.3) is 0 Å². The van der Waals surface area contributed by atoms with Gasteiger partial charge in [-0.2, -0.15) is 4.31 Å². The molecule has 0 aliphatic carbocycles. The number of rotatable bonds is 5. The SMILES string of the molecule is NC(=O)NC(=O)COC(=O)c1cc(S(=O)(=O)N2CCOCC2)ccc1F. The number of imide groups is 1. The monoisotopic (exact) mass is 389 g/mol. The first kappa shape index (κ1) is 19.8. The Balaban J connectivity index is 2.17. The molecular weight excluding hydrogens is 373 g/mol. The number of benzene rings is 1. The molecule has 0 unspecified atom stereocenters. The molecule has 2 rings (SSSR count). The molecule has 1 aliphatic rings. The number of halogens is 1. The zero-order valence-electron chi connectivity index (χ0n) is 13.4. The second kappa shape index (κ2) is 8.21. The predicted molar refractivity (Wildman–Crippen MR) is 84.0 cm³/mol. The molecule has 26 heavy (non-hydrogen) atoms. The van der Waals surface area contributed by atoms with Crippen molar-refractivity contribution in [1.29, 1.82) is 0 Å². The summed E-state index contributed by atoms with van der Waals surface area (Å²) in [7, 11) is -3.94. The first-order valence-corrected chi connectivity index (χ1v) is 8.79. The van der Waals surface area contributed by atoms with Crippen molar-refractivity contribution in [3.63, 3.8) is 0 Å². The van der Waals surface area contributed by atoms with Gasteiger partial charge in [0, 0.05) is 13.1 Å². The summed E-state index contributed by atoms with van der Waals surface area (Å²) in [6.45, 7) is -0.171. The van der Waals surface area contributed by atoms with E-state index in [1.807, 2.05) is 0 Å². The highest BCUT2D eigenvalue weighted by Crippen LogP contribution is 2.20. The van der Waals surface area contributed by atoms with Gasteiger partial charge in [-0.3, -0.25) is 10.1 Å². The summed E-state index contributed by atoms with van der Waals surface area (Å²) in [6, 6.07) is 1.52. The lowest BCUT2D eigenvalue weighted by Crippen LogP contribution is -2.40. The number of sulfonamides is 1. The van der Waals surface area contributed by atoms with Gasteiger partial charge in [-0.1, -0.05) is 0 Å². The van der Waals surface area contributed by atoms with Crippen LogP contribution in [0.3, 0.4) is 0 Å². The average Bonchev–Trinajstić information content (AvgIpc) is 2.60. The van der Waals surface area contributed by atoms with Gasteiger partial charge in [0.1, 0.15) is 5.82 Å². The summed E-state index contributed by atoms with van der Waals surface area (Å²) in [5, 5.41) is 1.66. The van der Waals surface area contributed by atoms with Crippen molar-refractivity contribution in [2.24, 2.45) is 5.73 Å². The molecule has 1 saturated heterocycles. The predicted octanol–water partition coefficient (Wildman–Crippen LogP) is -0.802. The second-order valence-electron chi connectivity index (χ2n) is 5.15. The van der Waals surface area contributed by atoms with Gasteiger partial charge in [-0.15, -0.1) is 0 Å². The second-order valence-corrected chi connectivity index (χ2v) is 7.08. The largest absolute Gasteiger partial charge is 0.452 e. The molecule has 1 heterocycles. The number of morpholine rings is 1. The third-order valence-corrected chi connectivity index (χ3v) is 5.26. The van der Waals surface area contributed by atoms with Gasteiger partial charge in [0.2, 0.25) is 10.0 Å². The van der Waals surface area contributed by atoms with Crippen molar-refractivity contribution in [1.82, 2.24) is 9.62 Å². The third-order valence-electron chi connectivity index (χ3n) is 3.36. The minimum Gasteiger partial charge on any atom is -0.452 e. The van der Waals surface area contributed by atoms with E-state index in [0.29, 0.717) is 0 Å². The van der Waals surface area contributed by atoms with E-state index < -0.39 is 45.9 Å². The lowest BCUT2D eigenvalue weighted by Gasteiger charge is -2.26. The molecule has 142 valence electrons. The van der Waals surface area contributed by atoms with Gasteiger partial charge in [0.25, 0.3) is 5.91 Å². The Morgan fingerprint density at radius 1 is 1.27 bits per heavy atom. The number of hydrogen-bond acceptors (Lipinski definition) is 7. The zero-order chi connectivity index (χ0) is 19.3. The van der Waals surface area contributed by atoms with Crippen LogP contribution in [0, 0.1) is 5.82 Å². The van der Waals surface area contributed by atoms with Crippen LogP contribution in [-0.4, -0.2) is 63.5 Å². The van der Waals surface area contributed by atoms with Gasteiger partial charge < -0.3 is 15.2 Å². The van der Waals surface area contributed by atoms with Crippen molar-refractivity contribution in [3.05, 3.63) is 29.6 Å². The van der Waals surface area contributed by atoms with Crippen LogP contribution in [0.15, 0.2) is 23.1 Å². The number of hydrogen-bond donors (Lipinski definition) is 2. The minimum absolute atomic E-state index is 0.132. The highest BCUT2D eigenvalue weighted by molar-refractivity contribution is 7.89. The highest BCUT2D eigenvalue weighted by atomic mass is 32.2. The molecule has 1 fully saturated rings. The maximum absolute atomic E-state index is 13.9. The molecule has 3 N–H and O–H groups in total. The van der Waals surface area contributed by atoms with Crippen LogP contribution < -0.4 is 11.1 Å². The Labute approximate surface area is 148 Å². The summed E-state index contributed by atoms with van der Waals surface area (Å²) >= 11 is 0. The fraction of sp³-hybridized carbons (Fsp3) is 0.357. The number of nitrogens with two attached hydrogens (primary N) is 1. The Morgan fingerprint density at radius 3 is 2.54 bits per heavy atom. The normalized spacial score (nSPS) is 15.3. The number of nitrogens with zero attached hydrogens (tertiary/aromatic N) is 1. The van der Waals surface area contributed by atoms with E-state index in [4.69, 9.17) is 10.5 Å². The van der Waals surface area contributed by atoms with Gasteiger partial charge in [0.15, 0.2) is 6.61 Å². The van der Waals surface area contributed by atoms with Crippen LogP contribution in [0.5, 0.6) is 0 Å². The molecular formula is C14H16FN3O7S. The number of urea groups is 1. The van der Waals surface area contributed by atoms with Crippen LogP contribution in [0.4, 0.5) is 9.18 Å². The Bertz CT molecular complexity index is 822. The molecule has 1 aliphatic heterocycles. The lowest BCUT2D eigenvalue weighted by molar-refractivity contribution is -0.123. The van der Waals surface area contributed by atoms with E-state index in [1.54, 1.807) is 5.32 Å². The molecule has 10 nitrogen and oxygen atoms in total. The van der Waals surface area contributed by atoms with Crippen molar-refractivity contribution in [2.45, 2.75) is 4.90 Å². The molecule has 3 amide bonds. The standard InChI is InChI=1S/C14H16FN3O7S/c15-11-2-1-9(26(22,23)18-3-5-24-6-4-18)7-10(11)13(20)25-8-12(19)17-14(16)21/h1-2,7H,3-6,8H2,(H3,16,17,19,21). The molecule has 0 aromatic heterocycles. The van der Waals surface area contributed by atoms with Crippen molar-refractivity contribution in [2.75, 3.05) is 32.9 Å². The van der Waals surface area contributed by atoms with E-state index in [2.05, 4.69) is 4.74 Å². The smallest absolute Gasteiger partial charge is 0.341 e. The van der Waals surface area contributed by atoms with E-state index >= 15 is 0 Å². The molecule has 0 bridgehead atoms. The first-order chi connectivity index (χ1) is 12.2. The van der Waals surface area contributed by atoms with Gasteiger partial charge >= 0.3 is 12.0 Å². The number of nitrogens with one attached hydrogen (secondary N) is 1. The highest BCUT2D eigenvalue weighted by Gasteiger charge is 2.28. The van der Waals surface area contributed by atoms with E-state index in [1.165, 1.54) is 0 Å². The summed E-state index contributed by atoms with van der Waals surface area (Å²) in [5.74, 6) is -3.30. The Hall–Kier alpha value is -2.57. The van der Waals surface area contributed by atoms with Crippen LogP contribution in [0.1, 0.15) is 10.4 Å². The van der Waals surface area contributed by atoms with Crippen LogP contribution in [-0.2, 0) is 24.3 Å². The molecule has 0 saturated carbocycles. The van der Waals surface area contributed by atoms with Crippen molar-refractivity contribution >= 4 is 27.9 Å². The lowest BCUT2D eigenvalue weighted by atomic mass is 10.2. The zero-order valence-corrected chi connectivity index (χ0v) is 14.3. The van der Waals surface area contributed by atoms with Crippen LogP contribution >= 0.6 is 0 Å². The summed E-state index contributed by atoms with van der Waals surface area (Å²) in [4.78, 5) is 33.3. The molecule has 0 radical (unpaired) electrons. The van der Waals surface area contributed by atoms with Crippen molar-refractivity contribution in [3.8, 4) is 0 Å². The molecule has 0 spiro atoms. The first-order valence-electron chi connectivity index (χ1n) is 7.35. The van der Waals surface area contributed by atoms with E-state index in [0.717, 1.165) is 22.5 Å². The number of esters is 1. The third kappa shape index (κ3) is 4.74. The van der Waals surface area contributed by atoms with Crippen LogP contribution in [0.2, 0.25) is 0 Å². The minimum atomic E-state index is -3.94. The summed E-state index contributed by atoms with van der Waals surface area (Å²) in [5.41, 5.74) is 4.06. The van der Waals surface area contributed by atoms with Gasteiger partial charge in [-0.05, 0) is 18.2 Å². The van der Waals surface area contributed by atoms with Gasteiger partial charge in [0.05, 0.1) is 23.7 Å². The van der Waals surface area contributed by atoms with E-state index in [9.17, 15) is 27.2 Å². The maximum atomic E-state index is 13.9. The number of ether oxygens (including phenoxy) is 2. The Kier molecular flexibility index (Phi) is 6.23. The number of amides is 3. The molecule has 12 heteroatoms. The molecule has 1 aromatic carbocycles. The quantitative estimate of drug-likeness (QED) is 0.627. The van der Waals surface area contributed by atoms with Gasteiger partial charge in [-0.25, -0.2) is 22.4 Å². The molecule has 1 aromatic rings. The maximum Gasteiger partial charge on any atom is 0.341 e.